The monoisotopic (exact) mass is 652 g/mol. The summed E-state index contributed by atoms with van der Waals surface area (Å²) < 4.78 is 0. The summed E-state index contributed by atoms with van der Waals surface area (Å²) in [5.41, 5.74) is 4.15. The molecule has 4 heterocycles. The lowest BCUT2D eigenvalue weighted by Gasteiger charge is -2.53. The van der Waals surface area contributed by atoms with Crippen molar-refractivity contribution in [2.24, 2.45) is 5.92 Å². The molecule has 0 bridgehead atoms. The van der Waals surface area contributed by atoms with E-state index < -0.39 is 11.6 Å². The van der Waals surface area contributed by atoms with Gasteiger partial charge in [0.15, 0.2) is 0 Å². The number of H-pyrrole nitrogens is 1. The molecule has 252 valence electrons. The second-order valence-corrected chi connectivity index (χ2v) is 14.0. The molecule has 1 aliphatic carbocycles. The number of carbonyl (C=O) groups excluding carboxylic acids is 3. The van der Waals surface area contributed by atoms with E-state index in [9.17, 15) is 14.4 Å². The molecule has 9 nitrogen and oxygen atoms in total. The van der Waals surface area contributed by atoms with Gasteiger partial charge in [0, 0.05) is 49.5 Å². The minimum absolute atomic E-state index is 0. The second kappa shape index (κ2) is 14.9. The lowest BCUT2D eigenvalue weighted by atomic mass is 9.78. The Balaban J connectivity index is 0.00000417. The van der Waals surface area contributed by atoms with Gasteiger partial charge < -0.3 is 15.1 Å². The zero-order valence-corrected chi connectivity index (χ0v) is 28.8. The third-order valence-corrected chi connectivity index (χ3v) is 11.2. The fourth-order valence-electron chi connectivity index (χ4n) is 8.51. The van der Waals surface area contributed by atoms with Gasteiger partial charge in [-0.05, 0) is 76.0 Å². The molecule has 3 amide bonds. The van der Waals surface area contributed by atoms with Crippen molar-refractivity contribution in [3.63, 3.8) is 0 Å². The van der Waals surface area contributed by atoms with Crippen LogP contribution in [0.15, 0.2) is 24.3 Å². The lowest BCUT2D eigenvalue weighted by Crippen LogP contribution is -2.73. The van der Waals surface area contributed by atoms with E-state index in [4.69, 9.17) is 0 Å². The Kier molecular flexibility index (Phi) is 11.1. The summed E-state index contributed by atoms with van der Waals surface area (Å²) in [6.07, 6.45) is 12.1. The van der Waals surface area contributed by atoms with E-state index in [1.807, 2.05) is 28.9 Å². The Hall–Kier alpha value is -2.91. The molecule has 1 aromatic heterocycles. The normalized spacial score (nSPS) is 23.0. The SMILES string of the molecule is CCCCN1C(=O)[C@H](CC2CCCCC2)NC(=O)C12CCN(C(c1ccc(C(=O)N3CCCC3)cc1)c1c(C)n[nH]c1C)CC2.Cl. The molecule has 4 aliphatic rings. The van der Waals surface area contributed by atoms with E-state index in [-0.39, 0.29) is 36.2 Å². The molecule has 3 aliphatic heterocycles. The molecular weight excluding hydrogens is 600 g/mol. The number of hydrogen-bond donors (Lipinski definition) is 2. The maximum Gasteiger partial charge on any atom is 0.253 e. The number of piperazine rings is 1. The number of amides is 3. The van der Waals surface area contributed by atoms with Gasteiger partial charge in [-0.15, -0.1) is 12.4 Å². The second-order valence-electron chi connectivity index (χ2n) is 14.0. The first-order valence-corrected chi connectivity index (χ1v) is 17.6. The number of likely N-dealkylation sites (tertiary alicyclic amines) is 2. The smallest absolute Gasteiger partial charge is 0.253 e. The van der Waals surface area contributed by atoms with Crippen LogP contribution in [0.3, 0.4) is 0 Å². The Bertz CT molecular complexity index is 1340. The van der Waals surface area contributed by atoms with Crippen molar-refractivity contribution in [2.45, 2.75) is 115 Å². The number of carbonyl (C=O) groups is 3. The topological polar surface area (TPSA) is 102 Å². The van der Waals surface area contributed by atoms with Crippen molar-refractivity contribution in [1.29, 1.82) is 0 Å². The highest BCUT2D eigenvalue weighted by Gasteiger charge is 2.54. The predicted octanol–water partition coefficient (Wildman–Crippen LogP) is 5.71. The predicted molar refractivity (Wildman–Crippen MR) is 182 cm³/mol. The van der Waals surface area contributed by atoms with Crippen LogP contribution in [0.5, 0.6) is 0 Å². The van der Waals surface area contributed by atoms with E-state index in [2.05, 4.69) is 46.4 Å². The number of unbranched alkanes of at least 4 members (excludes halogenated alkanes) is 1. The Morgan fingerprint density at radius 2 is 1.65 bits per heavy atom. The first-order valence-electron chi connectivity index (χ1n) is 17.6. The van der Waals surface area contributed by atoms with Crippen LogP contribution in [0, 0.1) is 19.8 Å². The molecule has 4 fully saturated rings. The fraction of sp³-hybridized carbons (Fsp3) is 0.667. The molecule has 6 rings (SSSR count). The van der Waals surface area contributed by atoms with Crippen molar-refractivity contribution >= 4 is 30.1 Å². The molecule has 1 unspecified atom stereocenters. The minimum Gasteiger partial charge on any atom is -0.342 e. The van der Waals surface area contributed by atoms with Gasteiger partial charge in [-0.1, -0.05) is 57.6 Å². The maximum absolute atomic E-state index is 14.1. The molecule has 10 heteroatoms. The van der Waals surface area contributed by atoms with E-state index in [0.29, 0.717) is 38.4 Å². The Labute approximate surface area is 280 Å². The first-order chi connectivity index (χ1) is 21.8. The highest BCUT2D eigenvalue weighted by Crippen LogP contribution is 2.40. The molecule has 1 spiro atoms. The van der Waals surface area contributed by atoms with Crippen LogP contribution >= 0.6 is 12.4 Å². The number of aromatic amines is 1. The molecule has 3 saturated heterocycles. The first kappa shape index (κ1) is 34.4. The van der Waals surface area contributed by atoms with Gasteiger partial charge in [0.1, 0.15) is 11.6 Å². The van der Waals surface area contributed by atoms with E-state index in [1.165, 1.54) is 19.3 Å². The third kappa shape index (κ3) is 6.73. The molecule has 0 radical (unpaired) electrons. The molecule has 1 saturated carbocycles. The van der Waals surface area contributed by atoms with Crippen LogP contribution in [0.2, 0.25) is 0 Å². The van der Waals surface area contributed by atoms with Crippen LogP contribution in [-0.4, -0.2) is 86.9 Å². The van der Waals surface area contributed by atoms with Gasteiger partial charge in [-0.2, -0.15) is 5.10 Å². The quantitative estimate of drug-likeness (QED) is 0.362. The zero-order valence-electron chi connectivity index (χ0n) is 28.0. The lowest BCUT2D eigenvalue weighted by molar-refractivity contribution is -0.162. The summed E-state index contributed by atoms with van der Waals surface area (Å²) in [4.78, 5) is 47.6. The van der Waals surface area contributed by atoms with Crippen molar-refractivity contribution < 1.29 is 14.4 Å². The number of nitrogens with one attached hydrogen (secondary N) is 2. The number of nitrogens with zero attached hydrogens (tertiary/aromatic N) is 4. The summed E-state index contributed by atoms with van der Waals surface area (Å²) in [7, 11) is 0. The molecule has 1 aromatic carbocycles. The average molecular weight is 653 g/mol. The van der Waals surface area contributed by atoms with Gasteiger partial charge in [-0.3, -0.25) is 24.4 Å². The number of benzene rings is 1. The summed E-state index contributed by atoms with van der Waals surface area (Å²) in [5.74, 6) is 0.790. The van der Waals surface area contributed by atoms with Crippen LogP contribution in [0.4, 0.5) is 0 Å². The molecular formula is C36H53ClN6O3. The summed E-state index contributed by atoms with van der Waals surface area (Å²) in [5, 5.41) is 11.0. The van der Waals surface area contributed by atoms with Crippen molar-refractivity contribution in [1.82, 2.24) is 30.2 Å². The van der Waals surface area contributed by atoms with Crippen LogP contribution in [0.1, 0.15) is 123 Å². The number of halogens is 1. The van der Waals surface area contributed by atoms with Gasteiger partial charge in [0.25, 0.3) is 5.91 Å². The number of aromatic nitrogens is 2. The van der Waals surface area contributed by atoms with Crippen LogP contribution in [-0.2, 0) is 9.59 Å². The number of piperidine rings is 1. The maximum atomic E-state index is 14.1. The molecule has 2 atom stereocenters. The Morgan fingerprint density at radius 1 is 0.978 bits per heavy atom. The fourth-order valence-corrected chi connectivity index (χ4v) is 8.51. The minimum atomic E-state index is -0.803. The zero-order chi connectivity index (χ0) is 31.6. The highest BCUT2D eigenvalue weighted by atomic mass is 35.5. The van der Waals surface area contributed by atoms with Crippen molar-refractivity contribution in [2.75, 3.05) is 32.7 Å². The summed E-state index contributed by atoms with van der Waals surface area (Å²) >= 11 is 0. The summed E-state index contributed by atoms with van der Waals surface area (Å²) in [6, 6.07) is 7.64. The van der Waals surface area contributed by atoms with E-state index >= 15 is 0 Å². The highest BCUT2D eigenvalue weighted by molar-refractivity contribution is 6.00. The third-order valence-electron chi connectivity index (χ3n) is 11.2. The average Bonchev–Trinajstić information content (AvgIpc) is 3.72. The number of hydrogen-bond acceptors (Lipinski definition) is 5. The largest absolute Gasteiger partial charge is 0.342 e. The van der Waals surface area contributed by atoms with Gasteiger partial charge in [-0.25, -0.2) is 0 Å². The summed E-state index contributed by atoms with van der Waals surface area (Å²) in [6.45, 7) is 9.91. The standard InChI is InChI=1S/C36H52N6O3.ClH/c1-4-5-21-42-34(44)30(24-27-11-7-6-8-12-27)37-35(45)36(42)17-22-40(23-18-36)32(31-25(2)38-39-26(31)3)28-13-15-29(16-14-28)33(43)41-19-9-10-20-41;/h13-16,27,30,32H,4-12,17-24H2,1-3H3,(H,37,45)(H,38,39);1H/t30-,32?;/m0./s1. The molecule has 46 heavy (non-hydrogen) atoms. The van der Waals surface area contributed by atoms with E-state index in [1.54, 1.807) is 0 Å². The van der Waals surface area contributed by atoms with Crippen LogP contribution in [0.25, 0.3) is 0 Å². The van der Waals surface area contributed by atoms with Crippen molar-refractivity contribution in [3.05, 3.63) is 52.3 Å². The van der Waals surface area contributed by atoms with Crippen molar-refractivity contribution in [3.8, 4) is 0 Å². The molecule has 2 aromatic rings. The molecule has 2 N–H and O–H groups in total. The number of rotatable bonds is 9. The number of aryl methyl sites for hydroxylation is 2. The van der Waals surface area contributed by atoms with Gasteiger partial charge in [0.05, 0.1) is 11.7 Å². The van der Waals surface area contributed by atoms with Crippen LogP contribution < -0.4 is 5.32 Å². The van der Waals surface area contributed by atoms with Gasteiger partial charge >= 0.3 is 0 Å². The van der Waals surface area contributed by atoms with E-state index in [0.717, 1.165) is 86.1 Å². The van der Waals surface area contributed by atoms with Gasteiger partial charge in [0.2, 0.25) is 11.8 Å². The Morgan fingerprint density at radius 3 is 2.26 bits per heavy atom.